The molecule has 0 radical (unpaired) electrons. The Morgan fingerprint density at radius 3 is 0.877 bits per heavy atom. The molecule has 2 saturated heterocycles. The molecule has 0 N–H and O–H groups in total. The lowest BCUT2D eigenvalue weighted by Crippen LogP contribution is -2.46. The van der Waals surface area contributed by atoms with Gasteiger partial charge in [-0.25, -0.2) is 0 Å². The molecule has 0 bridgehead atoms. The lowest BCUT2D eigenvalue weighted by Gasteiger charge is -2.40. The minimum absolute atomic E-state index is 0.0504. The van der Waals surface area contributed by atoms with Crippen LogP contribution in [0.3, 0.4) is 0 Å². The first-order valence-electron chi connectivity index (χ1n) is 37.0. The van der Waals surface area contributed by atoms with Gasteiger partial charge in [0.2, 0.25) is 0 Å². The van der Waals surface area contributed by atoms with Crippen molar-refractivity contribution in [2.24, 2.45) is 10.8 Å². The van der Waals surface area contributed by atoms with Gasteiger partial charge in [-0.2, -0.15) is 0 Å². The second-order valence-corrected chi connectivity index (χ2v) is 28.7. The van der Waals surface area contributed by atoms with Crippen LogP contribution in [0.5, 0.6) is 34.5 Å². The van der Waals surface area contributed by atoms with Crippen LogP contribution in [0.25, 0.3) is 33.4 Å². The Kier molecular flexibility index (Phi) is 17.2. The molecule has 2 fully saturated rings. The monoisotopic (exact) mass is 1380 g/mol. The standard InChI is InChI=1S/C98H80N2O6/c1-3-95(63-101-64-95)67-103-81-51-37-71(38-52-81)97(73-41-55-85(56-42-73)105-83-25-13-7-14-26-83)91-31-19-17-29-87(91)89-59-49-79(61-93(89)97)99(75-21-9-5-10-22-75)77-45-33-69(34-46-77)70-35-47-78(48-36-70)100(76-23-11-6-12-24-76)80-50-60-90-88-30-18-20-32-92(88)98(94(90)62-80,74-43-57-86(58-44-74)106-84-27-15-8-16-28-84)72-39-53-82(54-40-72)104-68-96(4-2)65-102-66-96/h5-62H,3-4,63-68H2,1-2H3. The second-order valence-electron chi connectivity index (χ2n) is 28.7. The lowest BCUT2D eigenvalue weighted by atomic mass is 9.67. The van der Waals surface area contributed by atoms with Crippen molar-refractivity contribution in [3.8, 4) is 67.9 Å². The minimum atomic E-state index is -0.720. The average molecular weight is 1380 g/mol. The number of anilines is 6. The van der Waals surface area contributed by atoms with Gasteiger partial charge in [0.1, 0.15) is 34.5 Å². The van der Waals surface area contributed by atoms with Crippen LogP contribution in [0.2, 0.25) is 0 Å². The van der Waals surface area contributed by atoms with E-state index in [1.165, 1.54) is 44.5 Å². The molecule has 0 saturated carbocycles. The summed E-state index contributed by atoms with van der Waals surface area (Å²) in [6.07, 6.45) is 2.02. The summed E-state index contributed by atoms with van der Waals surface area (Å²) in [6, 6.07) is 126. The number of hydrogen-bond acceptors (Lipinski definition) is 8. The summed E-state index contributed by atoms with van der Waals surface area (Å²) in [4.78, 5) is 4.77. The molecule has 8 nitrogen and oxygen atoms in total. The molecule has 0 spiro atoms. The van der Waals surface area contributed by atoms with Crippen molar-refractivity contribution in [2.75, 3.05) is 49.4 Å². The number of para-hydroxylation sites is 4. The van der Waals surface area contributed by atoms with Gasteiger partial charge in [-0.15, -0.1) is 0 Å². The molecule has 2 unspecified atom stereocenters. The summed E-state index contributed by atoms with van der Waals surface area (Å²) in [6.45, 7) is 8.59. The van der Waals surface area contributed by atoms with E-state index in [1.807, 2.05) is 60.7 Å². The number of rotatable bonds is 23. The van der Waals surface area contributed by atoms with Crippen molar-refractivity contribution < 1.29 is 28.4 Å². The quantitative estimate of drug-likeness (QED) is 0.0628. The predicted octanol–water partition coefficient (Wildman–Crippen LogP) is 24.2. The molecule has 18 rings (SSSR count). The first-order chi connectivity index (χ1) is 52.3. The van der Waals surface area contributed by atoms with E-state index < -0.39 is 10.8 Å². The summed E-state index contributed by atoms with van der Waals surface area (Å²) in [5, 5.41) is 0. The van der Waals surface area contributed by atoms with Crippen molar-refractivity contribution in [3.63, 3.8) is 0 Å². The van der Waals surface area contributed by atoms with E-state index >= 15 is 0 Å². The van der Waals surface area contributed by atoms with E-state index in [0.29, 0.717) is 13.2 Å². The molecule has 14 aromatic rings. The van der Waals surface area contributed by atoms with Crippen molar-refractivity contribution in [1.82, 2.24) is 0 Å². The van der Waals surface area contributed by atoms with E-state index in [1.54, 1.807) is 0 Å². The number of hydrogen-bond donors (Lipinski definition) is 0. The molecule has 0 aromatic heterocycles. The Morgan fingerprint density at radius 2 is 0.547 bits per heavy atom. The van der Waals surface area contributed by atoms with E-state index in [9.17, 15) is 0 Å². The third kappa shape index (κ3) is 11.7. The van der Waals surface area contributed by atoms with Crippen LogP contribution in [-0.4, -0.2) is 39.6 Å². The van der Waals surface area contributed by atoms with Gasteiger partial charge in [-0.3, -0.25) is 0 Å². The fourth-order valence-corrected chi connectivity index (χ4v) is 16.5. The number of nitrogens with zero attached hydrogens (tertiary/aromatic N) is 2. The zero-order valence-corrected chi connectivity index (χ0v) is 59.5. The zero-order chi connectivity index (χ0) is 71.1. The van der Waals surface area contributed by atoms with Crippen LogP contribution in [0, 0.1) is 10.8 Å². The topological polar surface area (TPSA) is 61.9 Å². The van der Waals surface area contributed by atoms with E-state index in [4.69, 9.17) is 28.4 Å². The van der Waals surface area contributed by atoms with Crippen LogP contribution in [-0.2, 0) is 20.3 Å². The second kappa shape index (κ2) is 27.8. The van der Waals surface area contributed by atoms with Gasteiger partial charge in [0, 0.05) is 34.1 Å². The molecular weight excluding hydrogens is 1300 g/mol. The largest absolute Gasteiger partial charge is 0.493 e. The number of fused-ring (bicyclic) bond motifs is 6. The molecular formula is C98H80N2O6. The Labute approximate surface area is 620 Å². The van der Waals surface area contributed by atoms with E-state index in [2.05, 4.69) is 315 Å². The fraction of sp³-hybridized carbons (Fsp3) is 0.143. The van der Waals surface area contributed by atoms with Crippen LogP contribution < -0.4 is 28.7 Å². The van der Waals surface area contributed by atoms with Crippen molar-refractivity contribution in [1.29, 1.82) is 0 Å². The van der Waals surface area contributed by atoms with Crippen LogP contribution in [0.1, 0.15) is 71.2 Å². The summed E-state index contributed by atoms with van der Waals surface area (Å²) in [5.74, 6) is 4.81. The molecule has 8 heteroatoms. The van der Waals surface area contributed by atoms with Gasteiger partial charge < -0.3 is 38.2 Å². The minimum Gasteiger partial charge on any atom is -0.493 e. The molecule has 0 amide bonds. The highest BCUT2D eigenvalue weighted by atomic mass is 16.5. The van der Waals surface area contributed by atoms with Gasteiger partial charge in [0.25, 0.3) is 0 Å². The third-order valence-corrected chi connectivity index (χ3v) is 22.5. The lowest BCUT2D eigenvalue weighted by molar-refractivity contribution is -0.133. The maximum absolute atomic E-state index is 6.57. The summed E-state index contributed by atoms with van der Waals surface area (Å²) < 4.78 is 37.4. The highest BCUT2D eigenvalue weighted by Crippen LogP contribution is 2.60. The average Bonchev–Trinajstić information content (AvgIpc) is 1.54. The van der Waals surface area contributed by atoms with Crippen molar-refractivity contribution in [3.05, 3.63) is 396 Å². The van der Waals surface area contributed by atoms with E-state index in [-0.39, 0.29) is 10.8 Å². The smallest absolute Gasteiger partial charge is 0.127 e. The molecule has 2 heterocycles. The highest BCUT2D eigenvalue weighted by Gasteiger charge is 2.49. The van der Waals surface area contributed by atoms with Gasteiger partial charge >= 0.3 is 0 Å². The molecule has 4 aliphatic rings. The Morgan fingerprint density at radius 1 is 0.264 bits per heavy atom. The van der Waals surface area contributed by atoms with Crippen molar-refractivity contribution >= 4 is 34.1 Å². The molecule has 2 atom stereocenters. The summed E-state index contributed by atoms with van der Waals surface area (Å²) in [7, 11) is 0. The highest BCUT2D eigenvalue weighted by molar-refractivity contribution is 5.92. The Balaban J connectivity index is 0.698. The SMILES string of the molecule is CCC1(COc2ccc(C3(c4ccc(Oc5ccccc5)cc4)c4ccccc4-c4ccc(N(c5ccccc5)c5ccc(-c6ccc(N(c7ccccc7)c7ccc8c(c7)C(c7ccc(OCC9(CC)COC9)cc7)(c7ccc(Oc9ccccc9)cc7)c7ccccc7-8)cc6)cc5)cc43)cc2)COC1. The summed E-state index contributed by atoms with van der Waals surface area (Å²) in [5.41, 5.74) is 21.3. The van der Waals surface area contributed by atoms with Gasteiger partial charge in [-0.05, 0) is 236 Å². The van der Waals surface area contributed by atoms with Crippen LogP contribution in [0.4, 0.5) is 34.1 Å². The third-order valence-electron chi connectivity index (χ3n) is 22.5. The van der Waals surface area contributed by atoms with Gasteiger partial charge in [0.05, 0.1) is 61.3 Å². The van der Waals surface area contributed by atoms with Gasteiger partial charge in [0.15, 0.2) is 0 Å². The van der Waals surface area contributed by atoms with Gasteiger partial charge in [-0.1, -0.05) is 220 Å². The summed E-state index contributed by atoms with van der Waals surface area (Å²) >= 11 is 0. The molecule has 14 aromatic carbocycles. The molecule has 518 valence electrons. The molecule has 2 aliphatic carbocycles. The first kappa shape index (κ1) is 65.8. The first-order valence-corrected chi connectivity index (χ1v) is 37.0. The molecule has 2 aliphatic heterocycles. The maximum Gasteiger partial charge on any atom is 0.127 e. The fourth-order valence-electron chi connectivity index (χ4n) is 16.5. The normalized spacial score (nSPS) is 16.7. The van der Waals surface area contributed by atoms with Crippen LogP contribution >= 0.6 is 0 Å². The number of benzene rings is 14. The van der Waals surface area contributed by atoms with Crippen LogP contribution in [0.15, 0.2) is 352 Å². The Bertz CT molecular complexity index is 5070. The van der Waals surface area contributed by atoms with E-state index in [0.717, 1.165) is 141 Å². The zero-order valence-electron chi connectivity index (χ0n) is 59.5. The maximum atomic E-state index is 6.57. The number of ether oxygens (including phenoxy) is 6. The predicted molar refractivity (Wildman–Crippen MR) is 427 cm³/mol. The molecule has 106 heavy (non-hydrogen) atoms. The van der Waals surface area contributed by atoms with Crippen molar-refractivity contribution in [2.45, 2.75) is 37.5 Å². The Hall–Kier alpha value is -12.2.